The zero-order valence-corrected chi connectivity index (χ0v) is 18.2. The van der Waals surface area contributed by atoms with Crippen LogP contribution in [0.5, 0.6) is 11.5 Å². The summed E-state index contributed by atoms with van der Waals surface area (Å²) in [4.78, 5) is 19.1. The summed E-state index contributed by atoms with van der Waals surface area (Å²) in [6.45, 7) is 4.61. The van der Waals surface area contributed by atoms with Crippen LogP contribution in [-0.4, -0.2) is 53.3 Å². The largest absolute Gasteiger partial charge is 0.618 e. The molecule has 5 heterocycles. The molecule has 1 N–H and O–H groups in total. The van der Waals surface area contributed by atoms with Crippen molar-refractivity contribution >= 4 is 11.0 Å². The highest BCUT2D eigenvalue weighted by Gasteiger charge is 2.20. The van der Waals surface area contributed by atoms with Gasteiger partial charge in [0.25, 0.3) is 5.56 Å². The summed E-state index contributed by atoms with van der Waals surface area (Å²) in [6, 6.07) is 6.34. The van der Waals surface area contributed by atoms with Crippen molar-refractivity contribution in [3.63, 3.8) is 0 Å². The van der Waals surface area contributed by atoms with E-state index < -0.39 is 5.82 Å². The monoisotopic (exact) mass is 455 g/mol. The first-order valence-electron chi connectivity index (χ1n) is 11.2. The molecule has 1 fully saturated rings. The molecule has 0 atom stereocenters. The van der Waals surface area contributed by atoms with Crippen LogP contribution < -0.4 is 25.1 Å². The van der Waals surface area contributed by atoms with Crippen molar-refractivity contribution in [2.24, 2.45) is 0 Å². The number of hydrogen-bond donors (Lipinski definition) is 1. The van der Waals surface area contributed by atoms with E-state index in [2.05, 4.69) is 15.2 Å². The Hall–Kier alpha value is -3.24. The number of aromatic nitrogens is 3. The summed E-state index contributed by atoms with van der Waals surface area (Å²) in [5.41, 5.74) is 1.28. The second-order valence-corrected chi connectivity index (χ2v) is 8.39. The summed E-state index contributed by atoms with van der Waals surface area (Å²) >= 11 is 0. The number of ether oxygens (including phenoxy) is 2. The normalized spacial score (nSPS) is 16.9. The third-order valence-corrected chi connectivity index (χ3v) is 6.24. The zero-order valence-electron chi connectivity index (χ0n) is 18.2. The van der Waals surface area contributed by atoms with Gasteiger partial charge in [-0.3, -0.25) is 9.78 Å². The molecule has 3 aromatic heterocycles. The van der Waals surface area contributed by atoms with Gasteiger partial charge in [0.15, 0.2) is 17.3 Å². The highest BCUT2D eigenvalue weighted by Crippen LogP contribution is 2.29. The summed E-state index contributed by atoms with van der Waals surface area (Å²) in [5, 5.41) is 15.5. The number of hydrogen-bond acceptors (Lipinski definition) is 7. The predicted octanol–water partition coefficient (Wildman–Crippen LogP) is 1.19. The maximum atomic E-state index is 13.8. The molecule has 5 rings (SSSR count). The van der Waals surface area contributed by atoms with Gasteiger partial charge in [-0.25, -0.2) is 4.39 Å². The molecular formula is C23H26FN5O4. The van der Waals surface area contributed by atoms with Crippen molar-refractivity contribution in [3.05, 3.63) is 63.7 Å². The first kappa shape index (κ1) is 21.6. The average Bonchev–Trinajstić information content (AvgIpc) is 2.82. The van der Waals surface area contributed by atoms with Crippen LogP contribution in [0.4, 0.5) is 4.39 Å². The molecule has 2 aliphatic rings. The summed E-state index contributed by atoms with van der Waals surface area (Å²) in [5.74, 6) is 0.779. The molecule has 33 heavy (non-hydrogen) atoms. The Morgan fingerprint density at radius 3 is 2.76 bits per heavy atom. The van der Waals surface area contributed by atoms with Crippen LogP contribution in [0.15, 0.2) is 41.5 Å². The molecule has 0 saturated carbocycles. The van der Waals surface area contributed by atoms with E-state index in [0.29, 0.717) is 54.9 Å². The molecule has 0 radical (unpaired) electrons. The van der Waals surface area contributed by atoms with Crippen LogP contribution in [0.25, 0.3) is 11.0 Å². The van der Waals surface area contributed by atoms with E-state index in [0.717, 1.165) is 43.6 Å². The maximum absolute atomic E-state index is 13.8. The lowest BCUT2D eigenvalue weighted by Crippen LogP contribution is -2.43. The Balaban J connectivity index is 1.14. The second-order valence-electron chi connectivity index (χ2n) is 8.39. The lowest BCUT2D eigenvalue weighted by atomic mass is 10.0. The molecule has 10 heteroatoms. The maximum Gasteiger partial charge on any atom is 0.251 e. The number of rotatable bonds is 6. The van der Waals surface area contributed by atoms with Crippen molar-refractivity contribution < 1.29 is 18.6 Å². The van der Waals surface area contributed by atoms with Gasteiger partial charge in [-0.1, -0.05) is 0 Å². The molecule has 0 unspecified atom stereocenters. The third-order valence-electron chi connectivity index (χ3n) is 6.24. The van der Waals surface area contributed by atoms with E-state index in [1.165, 1.54) is 22.8 Å². The first-order valence-corrected chi connectivity index (χ1v) is 11.2. The fourth-order valence-corrected chi connectivity index (χ4v) is 4.44. The van der Waals surface area contributed by atoms with Gasteiger partial charge in [0.1, 0.15) is 18.7 Å². The van der Waals surface area contributed by atoms with Crippen molar-refractivity contribution in [2.45, 2.75) is 32.0 Å². The first-order chi connectivity index (χ1) is 16.1. The molecule has 174 valence electrons. The summed E-state index contributed by atoms with van der Waals surface area (Å²) < 4.78 is 26.8. The fourth-order valence-electron chi connectivity index (χ4n) is 4.44. The lowest BCUT2D eigenvalue weighted by Gasteiger charge is -2.32. The minimum atomic E-state index is -0.656. The number of fused-ring (bicyclic) bond motifs is 2. The fraction of sp³-hybridized carbons (Fsp3) is 0.435. The van der Waals surface area contributed by atoms with E-state index in [4.69, 9.17) is 9.47 Å². The third kappa shape index (κ3) is 4.76. The molecule has 0 spiro atoms. The minimum absolute atomic E-state index is 0.239. The van der Waals surface area contributed by atoms with Gasteiger partial charge >= 0.3 is 0 Å². The van der Waals surface area contributed by atoms with Crippen LogP contribution in [0.3, 0.4) is 0 Å². The van der Waals surface area contributed by atoms with E-state index >= 15 is 0 Å². The van der Waals surface area contributed by atoms with Crippen LogP contribution in [0.1, 0.15) is 18.5 Å². The highest BCUT2D eigenvalue weighted by atomic mass is 19.1. The highest BCUT2D eigenvalue weighted by molar-refractivity contribution is 5.71. The van der Waals surface area contributed by atoms with Crippen molar-refractivity contribution in [2.75, 3.05) is 32.8 Å². The van der Waals surface area contributed by atoms with E-state index in [-0.39, 0.29) is 11.1 Å². The van der Waals surface area contributed by atoms with Gasteiger partial charge < -0.3 is 29.5 Å². The Kier molecular flexibility index (Phi) is 6.10. The Morgan fingerprint density at radius 1 is 1.15 bits per heavy atom. The van der Waals surface area contributed by atoms with Gasteiger partial charge in [0, 0.05) is 49.9 Å². The molecule has 2 aliphatic heterocycles. The van der Waals surface area contributed by atoms with Gasteiger partial charge in [-0.2, -0.15) is 4.73 Å². The molecule has 9 nitrogen and oxygen atoms in total. The number of nitrogens with one attached hydrogen (secondary N) is 1. The molecule has 0 bridgehead atoms. The minimum Gasteiger partial charge on any atom is -0.618 e. The number of likely N-dealkylation sites (tertiary alicyclic amines) is 1. The SMILES string of the molecule is O=c1ccc2c(cc(F)c[n+]2[O-])n1CCN1CCC(NCc2cc3c(cn2)OCCO3)CC1. The van der Waals surface area contributed by atoms with Crippen LogP contribution in [-0.2, 0) is 13.1 Å². The Morgan fingerprint density at radius 2 is 1.94 bits per heavy atom. The lowest BCUT2D eigenvalue weighted by molar-refractivity contribution is -0.578. The smallest absolute Gasteiger partial charge is 0.251 e. The van der Waals surface area contributed by atoms with Crippen LogP contribution >= 0.6 is 0 Å². The van der Waals surface area contributed by atoms with Gasteiger partial charge in [-0.05, 0) is 25.9 Å². The van der Waals surface area contributed by atoms with Gasteiger partial charge in [0.05, 0.1) is 11.9 Å². The van der Waals surface area contributed by atoms with Crippen LogP contribution in [0.2, 0.25) is 0 Å². The van der Waals surface area contributed by atoms with Crippen molar-refractivity contribution in [1.29, 1.82) is 0 Å². The Bertz CT molecular complexity index is 1210. The number of piperidine rings is 1. The average molecular weight is 455 g/mol. The van der Waals surface area contributed by atoms with Crippen molar-refractivity contribution in [1.82, 2.24) is 19.8 Å². The van der Waals surface area contributed by atoms with Crippen LogP contribution in [0, 0.1) is 11.0 Å². The summed E-state index contributed by atoms with van der Waals surface area (Å²) in [7, 11) is 0. The topological polar surface area (TPSA) is 95.6 Å². The predicted molar refractivity (Wildman–Crippen MR) is 119 cm³/mol. The van der Waals surface area contributed by atoms with E-state index in [9.17, 15) is 14.4 Å². The molecule has 0 aliphatic carbocycles. The molecule has 0 amide bonds. The quantitative estimate of drug-likeness (QED) is 0.441. The molecular weight excluding hydrogens is 429 g/mol. The molecule has 1 saturated heterocycles. The van der Waals surface area contributed by atoms with Gasteiger partial charge in [0.2, 0.25) is 11.7 Å². The molecule has 0 aromatic carbocycles. The second kappa shape index (κ2) is 9.32. The zero-order chi connectivity index (χ0) is 22.8. The molecule has 3 aromatic rings. The standard InChI is InChI=1S/C23H26FN5O4/c24-16-11-20-19(29(31)15-16)1-2-23(30)28(20)8-7-27-5-3-17(4-6-27)25-13-18-12-21-22(14-26-18)33-10-9-32-21/h1-2,11-12,14-15,17,25H,3-10,13H2. The van der Waals surface area contributed by atoms with Gasteiger partial charge in [-0.15, -0.1) is 0 Å². The Labute approximate surface area is 189 Å². The number of nitrogens with zero attached hydrogens (tertiary/aromatic N) is 4. The number of halogens is 1. The van der Waals surface area contributed by atoms with E-state index in [1.54, 1.807) is 6.20 Å². The summed E-state index contributed by atoms with van der Waals surface area (Å²) in [6.07, 6.45) is 4.54. The number of pyridine rings is 3. The van der Waals surface area contributed by atoms with E-state index in [1.807, 2.05) is 6.07 Å². The van der Waals surface area contributed by atoms with Crippen molar-refractivity contribution in [3.8, 4) is 11.5 Å².